The first-order chi connectivity index (χ1) is 10.3. The largest absolute Gasteiger partial charge is 0.301 e. The lowest BCUT2D eigenvalue weighted by Crippen LogP contribution is -2.25. The number of hydrogen-bond donors (Lipinski definition) is 0. The van der Waals surface area contributed by atoms with Crippen molar-refractivity contribution in [2.45, 2.75) is 12.4 Å². The number of aromatic nitrogens is 1. The number of anilines is 1. The van der Waals surface area contributed by atoms with Gasteiger partial charge in [0.05, 0.1) is 23.8 Å². The molecule has 0 fully saturated rings. The van der Waals surface area contributed by atoms with Crippen molar-refractivity contribution in [1.82, 2.24) is 4.98 Å². The summed E-state index contributed by atoms with van der Waals surface area (Å²) >= 11 is 7.33. The molecule has 0 saturated heterocycles. The second kappa shape index (κ2) is 4.83. The van der Waals surface area contributed by atoms with Crippen molar-refractivity contribution in [3.8, 4) is 0 Å². The van der Waals surface area contributed by atoms with Crippen LogP contribution in [0.4, 0.5) is 5.69 Å². The van der Waals surface area contributed by atoms with Gasteiger partial charge in [-0.25, -0.2) is 4.98 Å². The molecular weight excluding hydrogens is 304 g/mol. The predicted molar refractivity (Wildman–Crippen MR) is 86.1 cm³/mol. The van der Waals surface area contributed by atoms with Gasteiger partial charge in [-0.3, -0.25) is 4.79 Å². The van der Waals surface area contributed by atoms with Gasteiger partial charge in [0.1, 0.15) is 5.01 Å². The minimum Gasteiger partial charge on any atom is -0.301 e. The Morgan fingerprint density at radius 3 is 2.76 bits per heavy atom. The zero-order valence-corrected chi connectivity index (χ0v) is 12.6. The average Bonchev–Trinajstić information content (AvgIpc) is 3.08. The number of rotatable bonds is 3. The molecule has 2 aromatic carbocycles. The van der Waals surface area contributed by atoms with Gasteiger partial charge < -0.3 is 4.90 Å². The number of alkyl halides is 1. The summed E-state index contributed by atoms with van der Waals surface area (Å²) in [7, 11) is 0. The highest BCUT2D eigenvalue weighted by Gasteiger charge is 2.29. The van der Waals surface area contributed by atoms with Crippen LogP contribution in [-0.4, -0.2) is 10.9 Å². The molecule has 0 radical (unpaired) electrons. The first-order valence-corrected chi connectivity index (χ1v) is 8.02. The maximum atomic E-state index is 12.6. The highest BCUT2D eigenvalue weighted by Crippen LogP contribution is 2.38. The van der Waals surface area contributed by atoms with Crippen LogP contribution in [0.15, 0.2) is 41.8 Å². The molecule has 4 rings (SSSR count). The fraction of sp³-hybridized carbons (Fsp3) is 0.125. The maximum Gasteiger partial charge on any atom is 0.259 e. The number of thiazole rings is 1. The Hall–Kier alpha value is -1.91. The molecule has 0 aliphatic carbocycles. The zero-order valence-electron chi connectivity index (χ0n) is 11.0. The fourth-order valence-electron chi connectivity index (χ4n) is 2.75. The van der Waals surface area contributed by atoms with E-state index in [0.717, 1.165) is 32.7 Å². The van der Waals surface area contributed by atoms with Gasteiger partial charge in [0.25, 0.3) is 5.91 Å². The molecule has 3 aromatic rings. The molecule has 0 N–H and O–H groups in total. The Balaban J connectivity index is 1.78. The summed E-state index contributed by atoms with van der Waals surface area (Å²) in [6.07, 6.45) is 0. The highest BCUT2D eigenvalue weighted by molar-refractivity contribution is 7.09. The van der Waals surface area contributed by atoms with E-state index in [1.165, 1.54) is 0 Å². The third kappa shape index (κ3) is 1.94. The van der Waals surface area contributed by atoms with Gasteiger partial charge in [0.15, 0.2) is 0 Å². The van der Waals surface area contributed by atoms with Crippen molar-refractivity contribution in [1.29, 1.82) is 0 Å². The summed E-state index contributed by atoms with van der Waals surface area (Å²) in [6.45, 7) is 0.494. The average molecular weight is 315 g/mol. The Bertz CT molecular complexity index is 853. The van der Waals surface area contributed by atoms with Crippen molar-refractivity contribution >= 4 is 45.3 Å². The maximum absolute atomic E-state index is 12.6. The first kappa shape index (κ1) is 12.8. The van der Waals surface area contributed by atoms with E-state index in [2.05, 4.69) is 4.98 Å². The Morgan fingerprint density at radius 1 is 1.19 bits per heavy atom. The minimum atomic E-state index is 0.0458. The van der Waals surface area contributed by atoms with Gasteiger partial charge in [-0.05, 0) is 17.5 Å². The summed E-state index contributed by atoms with van der Waals surface area (Å²) < 4.78 is 0. The molecule has 104 valence electrons. The van der Waals surface area contributed by atoms with Crippen molar-refractivity contribution in [2.24, 2.45) is 0 Å². The minimum absolute atomic E-state index is 0.0458. The monoisotopic (exact) mass is 314 g/mol. The third-order valence-corrected chi connectivity index (χ3v) is 4.83. The van der Waals surface area contributed by atoms with Crippen LogP contribution in [0.1, 0.15) is 21.1 Å². The van der Waals surface area contributed by atoms with E-state index < -0.39 is 0 Å². The van der Waals surface area contributed by atoms with E-state index in [9.17, 15) is 4.79 Å². The van der Waals surface area contributed by atoms with E-state index in [0.29, 0.717) is 12.4 Å². The summed E-state index contributed by atoms with van der Waals surface area (Å²) in [6, 6.07) is 11.9. The Morgan fingerprint density at radius 2 is 2.00 bits per heavy atom. The van der Waals surface area contributed by atoms with Crippen LogP contribution in [0, 0.1) is 0 Å². The molecule has 1 aromatic heterocycles. The zero-order chi connectivity index (χ0) is 14.4. The van der Waals surface area contributed by atoms with Crippen molar-refractivity contribution in [3.05, 3.63) is 58.0 Å². The molecule has 2 heterocycles. The lowest BCUT2D eigenvalue weighted by molar-refractivity contribution is 0.0991. The van der Waals surface area contributed by atoms with E-state index in [1.807, 2.05) is 41.8 Å². The molecule has 0 saturated carbocycles. The summed E-state index contributed by atoms with van der Waals surface area (Å²) in [4.78, 5) is 18.9. The molecule has 0 atom stereocenters. The van der Waals surface area contributed by atoms with Crippen molar-refractivity contribution in [3.63, 3.8) is 0 Å². The van der Waals surface area contributed by atoms with Crippen LogP contribution in [0.2, 0.25) is 0 Å². The number of benzene rings is 2. The van der Waals surface area contributed by atoms with Gasteiger partial charge >= 0.3 is 0 Å². The Labute approximate surface area is 130 Å². The molecule has 1 aliphatic rings. The van der Waals surface area contributed by atoms with Gasteiger partial charge in [-0.1, -0.05) is 24.3 Å². The number of carbonyl (C=O) groups is 1. The molecule has 5 heteroatoms. The molecule has 0 unspecified atom stereocenters. The Kier molecular flexibility index (Phi) is 2.94. The number of nitrogens with zero attached hydrogens (tertiary/aromatic N) is 2. The second-order valence-electron chi connectivity index (χ2n) is 4.94. The van der Waals surface area contributed by atoms with Gasteiger partial charge in [0.2, 0.25) is 0 Å². The topological polar surface area (TPSA) is 33.2 Å². The summed E-state index contributed by atoms with van der Waals surface area (Å²) in [5.74, 6) is 0.449. The van der Waals surface area contributed by atoms with Crippen molar-refractivity contribution < 1.29 is 4.79 Å². The molecule has 21 heavy (non-hydrogen) atoms. The third-order valence-electron chi connectivity index (χ3n) is 3.68. The smallest absolute Gasteiger partial charge is 0.259 e. The number of hydrogen-bond acceptors (Lipinski definition) is 3. The van der Waals surface area contributed by atoms with Gasteiger partial charge in [-0.15, -0.1) is 22.9 Å². The number of carbonyl (C=O) groups excluding carboxylic acids is 1. The molecule has 0 spiro atoms. The van der Waals surface area contributed by atoms with Crippen LogP contribution in [0.3, 0.4) is 0 Å². The lowest BCUT2D eigenvalue weighted by Gasteiger charge is -2.15. The fourth-order valence-corrected chi connectivity index (χ4v) is 3.76. The molecule has 1 amide bonds. The van der Waals surface area contributed by atoms with E-state index >= 15 is 0 Å². The SMILES string of the molecule is O=C1c2cccc3cccc(c23)N1Cc1nc(CCl)cs1. The van der Waals surface area contributed by atoms with Crippen LogP contribution in [0.25, 0.3) is 10.8 Å². The van der Waals surface area contributed by atoms with Gasteiger partial charge in [-0.2, -0.15) is 0 Å². The van der Waals surface area contributed by atoms with Crippen LogP contribution in [-0.2, 0) is 12.4 Å². The summed E-state index contributed by atoms with van der Waals surface area (Å²) in [5, 5.41) is 4.99. The van der Waals surface area contributed by atoms with Crippen molar-refractivity contribution in [2.75, 3.05) is 4.90 Å². The lowest BCUT2D eigenvalue weighted by atomic mass is 10.1. The molecule has 3 nitrogen and oxygen atoms in total. The van der Waals surface area contributed by atoms with Crippen LogP contribution in [0.5, 0.6) is 0 Å². The normalized spacial score (nSPS) is 13.4. The quantitative estimate of drug-likeness (QED) is 0.679. The molecular formula is C16H11ClN2OS. The number of amides is 1. The standard InChI is InChI=1S/C16H11ClN2OS/c17-7-11-9-21-14(18-11)8-19-13-6-2-4-10-3-1-5-12(15(10)13)16(19)20/h1-6,9H,7-8H2. The predicted octanol–water partition coefficient (Wildman–Crippen LogP) is 4.20. The van der Waals surface area contributed by atoms with Crippen LogP contribution < -0.4 is 4.90 Å². The molecule has 1 aliphatic heterocycles. The first-order valence-electron chi connectivity index (χ1n) is 6.61. The van der Waals surface area contributed by atoms with Gasteiger partial charge in [0, 0.05) is 16.3 Å². The van der Waals surface area contributed by atoms with E-state index in [4.69, 9.17) is 11.6 Å². The second-order valence-corrected chi connectivity index (χ2v) is 6.15. The van der Waals surface area contributed by atoms with E-state index in [-0.39, 0.29) is 5.91 Å². The number of halogens is 1. The van der Waals surface area contributed by atoms with Crippen LogP contribution >= 0.6 is 22.9 Å². The molecule has 0 bridgehead atoms. The highest BCUT2D eigenvalue weighted by atomic mass is 35.5. The summed E-state index contributed by atoms with van der Waals surface area (Å²) in [5.41, 5.74) is 2.60. The van der Waals surface area contributed by atoms with E-state index in [1.54, 1.807) is 16.2 Å².